The fourth-order valence-corrected chi connectivity index (χ4v) is 3.68. The summed E-state index contributed by atoms with van der Waals surface area (Å²) in [5.41, 5.74) is 1.67. The van der Waals surface area contributed by atoms with Gasteiger partial charge in [0.15, 0.2) is 5.76 Å². The molecular weight excluding hydrogens is 344 g/mol. The van der Waals surface area contributed by atoms with Crippen LogP contribution in [0.5, 0.6) is 0 Å². The molecule has 0 aliphatic carbocycles. The second kappa shape index (κ2) is 7.26. The first-order valence-electron chi connectivity index (χ1n) is 9.18. The SMILES string of the molecule is Cc1ccccc1-n1c(CC2CCN(C(=O)c3ccco3)CC2)n[nH]c1=O. The number of carbonyl (C=O) groups excluding carboxylic acids is 1. The number of aromatic nitrogens is 3. The van der Waals surface area contributed by atoms with Gasteiger partial charge in [0.05, 0.1) is 12.0 Å². The lowest BCUT2D eigenvalue weighted by Crippen LogP contribution is -2.39. The second-order valence-electron chi connectivity index (χ2n) is 6.98. The molecule has 4 rings (SSSR count). The monoisotopic (exact) mass is 366 g/mol. The summed E-state index contributed by atoms with van der Waals surface area (Å²) in [6.45, 7) is 3.35. The third kappa shape index (κ3) is 3.45. The summed E-state index contributed by atoms with van der Waals surface area (Å²) in [5, 5.41) is 6.83. The number of para-hydroxylation sites is 1. The summed E-state index contributed by atoms with van der Waals surface area (Å²) in [6, 6.07) is 11.2. The van der Waals surface area contributed by atoms with Gasteiger partial charge in [0.25, 0.3) is 5.91 Å². The molecule has 1 aliphatic rings. The molecule has 0 atom stereocenters. The first-order chi connectivity index (χ1) is 13.1. The van der Waals surface area contributed by atoms with Crippen molar-refractivity contribution >= 4 is 5.91 Å². The number of aryl methyl sites for hydroxylation is 1. The number of furan rings is 1. The van der Waals surface area contributed by atoms with Crippen LogP contribution < -0.4 is 5.69 Å². The maximum absolute atomic E-state index is 12.4. The van der Waals surface area contributed by atoms with E-state index in [0.29, 0.717) is 31.2 Å². The van der Waals surface area contributed by atoms with E-state index in [1.807, 2.05) is 36.1 Å². The topological polar surface area (TPSA) is 84.1 Å². The number of aromatic amines is 1. The van der Waals surface area contributed by atoms with Gasteiger partial charge in [-0.1, -0.05) is 18.2 Å². The summed E-state index contributed by atoms with van der Waals surface area (Å²) in [5.74, 6) is 1.44. The van der Waals surface area contributed by atoms with Crippen molar-refractivity contribution in [1.29, 1.82) is 0 Å². The molecule has 7 nitrogen and oxygen atoms in total. The van der Waals surface area contributed by atoms with Crippen LogP contribution in [0.3, 0.4) is 0 Å². The smallest absolute Gasteiger partial charge is 0.347 e. The Morgan fingerprint density at radius 2 is 2.00 bits per heavy atom. The molecule has 1 aromatic carbocycles. The highest BCUT2D eigenvalue weighted by Crippen LogP contribution is 2.23. The number of H-pyrrole nitrogens is 1. The van der Waals surface area contributed by atoms with Crippen molar-refractivity contribution in [1.82, 2.24) is 19.7 Å². The number of nitrogens with one attached hydrogen (secondary N) is 1. The van der Waals surface area contributed by atoms with Crippen LogP contribution >= 0.6 is 0 Å². The summed E-state index contributed by atoms with van der Waals surface area (Å²) in [6.07, 6.45) is 3.97. The Balaban J connectivity index is 1.45. The van der Waals surface area contributed by atoms with Crippen molar-refractivity contribution in [2.24, 2.45) is 5.92 Å². The Bertz CT molecular complexity index is 979. The molecule has 0 unspecified atom stereocenters. The van der Waals surface area contributed by atoms with Gasteiger partial charge >= 0.3 is 5.69 Å². The predicted octanol–water partition coefficient (Wildman–Crippen LogP) is 2.56. The largest absolute Gasteiger partial charge is 0.459 e. The fraction of sp³-hybridized carbons (Fsp3) is 0.350. The maximum Gasteiger partial charge on any atom is 0.347 e. The van der Waals surface area contributed by atoms with Gasteiger partial charge in [-0.2, -0.15) is 5.10 Å². The van der Waals surface area contributed by atoms with E-state index in [4.69, 9.17) is 4.42 Å². The highest BCUT2D eigenvalue weighted by atomic mass is 16.3. The number of hydrogen-bond donors (Lipinski definition) is 1. The molecule has 1 fully saturated rings. The number of likely N-dealkylation sites (tertiary alicyclic amines) is 1. The third-order valence-corrected chi connectivity index (χ3v) is 5.20. The molecule has 27 heavy (non-hydrogen) atoms. The first-order valence-corrected chi connectivity index (χ1v) is 9.18. The van der Waals surface area contributed by atoms with E-state index in [2.05, 4.69) is 10.2 Å². The molecule has 0 saturated carbocycles. The van der Waals surface area contributed by atoms with Crippen LogP contribution in [-0.4, -0.2) is 38.7 Å². The number of carbonyl (C=O) groups is 1. The molecule has 1 amide bonds. The number of piperidine rings is 1. The molecule has 2 aromatic heterocycles. The Morgan fingerprint density at radius 1 is 1.22 bits per heavy atom. The van der Waals surface area contributed by atoms with Gasteiger partial charge in [0.2, 0.25) is 0 Å². The van der Waals surface area contributed by atoms with Crippen LogP contribution in [0.2, 0.25) is 0 Å². The number of nitrogens with zero attached hydrogens (tertiary/aromatic N) is 3. The van der Waals surface area contributed by atoms with Crippen LogP contribution in [0.25, 0.3) is 5.69 Å². The number of hydrogen-bond acceptors (Lipinski definition) is 4. The maximum atomic E-state index is 12.4. The lowest BCUT2D eigenvalue weighted by molar-refractivity contribution is 0.0657. The van der Waals surface area contributed by atoms with E-state index in [1.54, 1.807) is 16.7 Å². The first kappa shape index (κ1) is 17.3. The van der Waals surface area contributed by atoms with Crippen molar-refractivity contribution in [3.8, 4) is 5.69 Å². The Morgan fingerprint density at radius 3 is 2.70 bits per heavy atom. The summed E-state index contributed by atoms with van der Waals surface area (Å²) >= 11 is 0. The normalized spacial score (nSPS) is 15.2. The quantitative estimate of drug-likeness (QED) is 0.769. The number of benzene rings is 1. The van der Waals surface area contributed by atoms with E-state index >= 15 is 0 Å². The van der Waals surface area contributed by atoms with E-state index in [-0.39, 0.29) is 11.6 Å². The zero-order valence-corrected chi connectivity index (χ0v) is 15.2. The molecular formula is C20H22N4O3. The standard InChI is InChI=1S/C20H22N4O3/c1-14-5-2-3-6-16(14)24-18(21-22-20(24)26)13-15-8-10-23(11-9-15)19(25)17-7-4-12-27-17/h2-7,12,15H,8-11,13H2,1H3,(H,22,26). The van der Waals surface area contributed by atoms with Gasteiger partial charge < -0.3 is 9.32 Å². The minimum absolute atomic E-state index is 0.0601. The van der Waals surface area contributed by atoms with Crippen molar-refractivity contribution < 1.29 is 9.21 Å². The van der Waals surface area contributed by atoms with Crippen LogP contribution in [-0.2, 0) is 6.42 Å². The van der Waals surface area contributed by atoms with Gasteiger partial charge in [-0.15, -0.1) is 0 Å². The third-order valence-electron chi connectivity index (χ3n) is 5.20. The average Bonchev–Trinajstić information content (AvgIpc) is 3.33. The Hall–Kier alpha value is -3.09. The van der Waals surface area contributed by atoms with Crippen LogP contribution in [0, 0.1) is 12.8 Å². The molecule has 3 aromatic rings. The molecule has 3 heterocycles. The molecule has 7 heteroatoms. The van der Waals surface area contributed by atoms with E-state index in [9.17, 15) is 9.59 Å². The van der Waals surface area contributed by atoms with Gasteiger partial charge in [-0.25, -0.2) is 14.5 Å². The molecule has 0 radical (unpaired) electrons. The summed E-state index contributed by atoms with van der Waals surface area (Å²) < 4.78 is 6.87. The van der Waals surface area contributed by atoms with E-state index in [0.717, 1.165) is 29.9 Å². The fourth-order valence-electron chi connectivity index (χ4n) is 3.68. The molecule has 0 spiro atoms. The van der Waals surface area contributed by atoms with E-state index < -0.39 is 0 Å². The van der Waals surface area contributed by atoms with Gasteiger partial charge in [0.1, 0.15) is 5.82 Å². The van der Waals surface area contributed by atoms with Crippen LogP contribution in [0.15, 0.2) is 51.9 Å². The molecule has 0 bridgehead atoms. The second-order valence-corrected chi connectivity index (χ2v) is 6.98. The molecule has 1 saturated heterocycles. The summed E-state index contributed by atoms with van der Waals surface area (Å²) in [7, 11) is 0. The Labute approximate surface area is 156 Å². The van der Waals surface area contributed by atoms with Crippen LogP contribution in [0.1, 0.15) is 34.8 Å². The minimum atomic E-state index is -0.218. The van der Waals surface area contributed by atoms with Crippen LogP contribution in [0.4, 0.5) is 0 Å². The van der Waals surface area contributed by atoms with E-state index in [1.165, 1.54) is 6.26 Å². The highest BCUT2D eigenvalue weighted by Gasteiger charge is 2.26. The lowest BCUT2D eigenvalue weighted by atomic mass is 9.93. The zero-order chi connectivity index (χ0) is 18.8. The van der Waals surface area contributed by atoms with Gasteiger partial charge in [0, 0.05) is 19.5 Å². The van der Waals surface area contributed by atoms with Crippen molar-refractivity contribution in [3.63, 3.8) is 0 Å². The minimum Gasteiger partial charge on any atom is -0.459 e. The average molecular weight is 366 g/mol. The molecule has 140 valence electrons. The lowest BCUT2D eigenvalue weighted by Gasteiger charge is -2.31. The van der Waals surface area contributed by atoms with Crippen molar-refractivity contribution in [2.45, 2.75) is 26.2 Å². The predicted molar refractivity (Wildman–Crippen MR) is 100.0 cm³/mol. The highest BCUT2D eigenvalue weighted by molar-refractivity contribution is 5.91. The van der Waals surface area contributed by atoms with Crippen molar-refractivity contribution in [2.75, 3.05) is 13.1 Å². The Kier molecular flexibility index (Phi) is 4.66. The summed E-state index contributed by atoms with van der Waals surface area (Å²) in [4.78, 5) is 26.5. The number of amides is 1. The molecule has 1 N–H and O–H groups in total. The number of rotatable bonds is 4. The van der Waals surface area contributed by atoms with Gasteiger partial charge in [-0.05, 0) is 49.4 Å². The molecule has 1 aliphatic heterocycles. The van der Waals surface area contributed by atoms with Crippen molar-refractivity contribution in [3.05, 3.63) is 70.3 Å². The van der Waals surface area contributed by atoms with Gasteiger partial charge in [-0.3, -0.25) is 4.79 Å². The zero-order valence-electron chi connectivity index (χ0n) is 15.2.